The Morgan fingerprint density at radius 3 is 2.42 bits per heavy atom. The number of amides is 2. The lowest BCUT2D eigenvalue weighted by Gasteiger charge is -2.21. The molecule has 0 unspecified atom stereocenters. The standard InChI is InChI=1S/C18H18Cl2N2O2/c1-11-5-4-6-17(12(11)2)21-18(24)10-22(13(3)23)14-7-8-15(19)16(20)9-14/h4-9H,10H2,1-3H3,(H,21,24). The monoisotopic (exact) mass is 364 g/mol. The fourth-order valence-corrected chi connectivity index (χ4v) is 2.55. The molecule has 2 rings (SSSR count). The van der Waals surface area contributed by atoms with E-state index in [1.54, 1.807) is 18.2 Å². The van der Waals surface area contributed by atoms with Crippen LogP contribution < -0.4 is 10.2 Å². The summed E-state index contributed by atoms with van der Waals surface area (Å²) in [4.78, 5) is 25.6. The highest BCUT2D eigenvalue weighted by atomic mass is 35.5. The first-order valence-electron chi connectivity index (χ1n) is 7.39. The third-order valence-corrected chi connectivity index (χ3v) is 4.51. The van der Waals surface area contributed by atoms with Gasteiger partial charge in [0.05, 0.1) is 10.0 Å². The summed E-state index contributed by atoms with van der Waals surface area (Å²) in [6.45, 7) is 5.20. The molecule has 0 saturated heterocycles. The largest absolute Gasteiger partial charge is 0.324 e. The number of carbonyl (C=O) groups is 2. The number of nitrogens with one attached hydrogen (secondary N) is 1. The zero-order valence-corrected chi connectivity index (χ0v) is 15.2. The highest BCUT2D eigenvalue weighted by Gasteiger charge is 2.17. The van der Waals surface area contributed by atoms with Crippen LogP contribution in [0.15, 0.2) is 36.4 Å². The van der Waals surface area contributed by atoms with Gasteiger partial charge in [-0.05, 0) is 49.2 Å². The summed E-state index contributed by atoms with van der Waals surface area (Å²) in [7, 11) is 0. The first kappa shape index (κ1) is 18.3. The lowest BCUT2D eigenvalue weighted by molar-refractivity contribution is -0.120. The average Bonchev–Trinajstić information content (AvgIpc) is 2.52. The summed E-state index contributed by atoms with van der Waals surface area (Å²) in [5, 5.41) is 3.56. The highest BCUT2D eigenvalue weighted by molar-refractivity contribution is 6.42. The zero-order chi connectivity index (χ0) is 17.9. The number of nitrogens with zero attached hydrogens (tertiary/aromatic N) is 1. The first-order valence-corrected chi connectivity index (χ1v) is 8.14. The number of aryl methyl sites for hydroxylation is 1. The molecule has 0 aliphatic carbocycles. The van der Waals surface area contributed by atoms with Crippen LogP contribution in [0.25, 0.3) is 0 Å². The Balaban J connectivity index is 2.18. The van der Waals surface area contributed by atoms with Crippen LogP contribution in [-0.2, 0) is 9.59 Å². The Bertz CT molecular complexity index is 791. The molecule has 0 aliphatic heterocycles. The minimum absolute atomic E-state index is 0.110. The van der Waals surface area contributed by atoms with Crippen LogP contribution in [0.3, 0.4) is 0 Å². The van der Waals surface area contributed by atoms with Gasteiger partial charge in [0, 0.05) is 18.3 Å². The van der Waals surface area contributed by atoms with E-state index in [0.717, 1.165) is 16.8 Å². The summed E-state index contributed by atoms with van der Waals surface area (Å²) in [6.07, 6.45) is 0. The molecule has 0 aromatic heterocycles. The number of rotatable bonds is 4. The first-order chi connectivity index (χ1) is 11.3. The van der Waals surface area contributed by atoms with Gasteiger partial charge in [-0.25, -0.2) is 0 Å². The van der Waals surface area contributed by atoms with Crippen molar-refractivity contribution in [3.63, 3.8) is 0 Å². The number of anilines is 2. The molecule has 24 heavy (non-hydrogen) atoms. The molecule has 0 radical (unpaired) electrons. The van der Waals surface area contributed by atoms with Gasteiger partial charge in [-0.1, -0.05) is 35.3 Å². The maximum atomic E-state index is 12.4. The second-order valence-corrected chi connectivity index (χ2v) is 6.31. The molecule has 0 bridgehead atoms. The number of halogens is 2. The van der Waals surface area contributed by atoms with Crippen LogP contribution in [-0.4, -0.2) is 18.4 Å². The molecule has 1 N–H and O–H groups in total. The van der Waals surface area contributed by atoms with E-state index in [9.17, 15) is 9.59 Å². The van der Waals surface area contributed by atoms with Crippen molar-refractivity contribution in [2.75, 3.05) is 16.8 Å². The predicted octanol–water partition coefficient (Wildman–Crippen LogP) is 4.60. The molecular formula is C18H18Cl2N2O2. The number of carbonyl (C=O) groups excluding carboxylic acids is 2. The normalized spacial score (nSPS) is 10.4. The van der Waals surface area contributed by atoms with Crippen LogP contribution in [0.1, 0.15) is 18.1 Å². The van der Waals surface area contributed by atoms with Crippen molar-refractivity contribution in [1.82, 2.24) is 0 Å². The summed E-state index contributed by atoms with van der Waals surface area (Å²) in [6, 6.07) is 10.5. The van der Waals surface area contributed by atoms with Gasteiger partial charge in [-0.3, -0.25) is 9.59 Å². The quantitative estimate of drug-likeness (QED) is 0.861. The lowest BCUT2D eigenvalue weighted by Crippen LogP contribution is -2.36. The molecule has 2 aromatic carbocycles. The molecule has 0 spiro atoms. The molecule has 2 amide bonds. The zero-order valence-electron chi connectivity index (χ0n) is 13.7. The molecular weight excluding hydrogens is 347 g/mol. The van der Waals surface area contributed by atoms with Crippen LogP contribution in [0.4, 0.5) is 11.4 Å². The van der Waals surface area contributed by atoms with Crippen molar-refractivity contribution >= 4 is 46.4 Å². The number of hydrogen-bond acceptors (Lipinski definition) is 2. The highest BCUT2D eigenvalue weighted by Crippen LogP contribution is 2.27. The maximum absolute atomic E-state index is 12.4. The van der Waals surface area contributed by atoms with E-state index in [1.165, 1.54) is 11.8 Å². The van der Waals surface area contributed by atoms with Gasteiger partial charge in [-0.2, -0.15) is 0 Å². The SMILES string of the molecule is CC(=O)N(CC(=O)Nc1cccc(C)c1C)c1ccc(Cl)c(Cl)c1. The molecule has 126 valence electrons. The van der Waals surface area contributed by atoms with Crippen molar-refractivity contribution in [2.45, 2.75) is 20.8 Å². The summed E-state index contributed by atoms with van der Waals surface area (Å²) in [5.41, 5.74) is 3.33. The van der Waals surface area contributed by atoms with E-state index in [-0.39, 0.29) is 18.4 Å². The van der Waals surface area contributed by atoms with Crippen LogP contribution in [0, 0.1) is 13.8 Å². The van der Waals surface area contributed by atoms with Gasteiger partial charge >= 0.3 is 0 Å². The minimum Gasteiger partial charge on any atom is -0.324 e. The summed E-state index contributed by atoms with van der Waals surface area (Å²) < 4.78 is 0. The number of hydrogen-bond donors (Lipinski definition) is 1. The van der Waals surface area contributed by atoms with E-state index in [4.69, 9.17) is 23.2 Å². The smallest absolute Gasteiger partial charge is 0.244 e. The van der Waals surface area contributed by atoms with Gasteiger partial charge in [0.2, 0.25) is 11.8 Å². The van der Waals surface area contributed by atoms with Crippen molar-refractivity contribution in [2.24, 2.45) is 0 Å². The van der Waals surface area contributed by atoms with E-state index >= 15 is 0 Å². The van der Waals surface area contributed by atoms with Gasteiger partial charge < -0.3 is 10.2 Å². The Hall–Kier alpha value is -2.04. The van der Waals surface area contributed by atoms with Crippen molar-refractivity contribution in [3.05, 3.63) is 57.6 Å². The topological polar surface area (TPSA) is 49.4 Å². The molecule has 0 fully saturated rings. The molecule has 0 heterocycles. The lowest BCUT2D eigenvalue weighted by atomic mass is 10.1. The molecule has 4 nitrogen and oxygen atoms in total. The Morgan fingerprint density at radius 2 is 1.79 bits per heavy atom. The molecule has 0 saturated carbocycles. The van der Waals surface area contributed by atoms with Crippen LogP contribution in [0.5, 0.6) is 0 Å². The van der Waals surface area contributed by atoms with Gasteiger partial charge in [0.1, 0.15) is 6.54 Å². The predicted molar refractivity (Wildman–Crippen MR) is 99.0 cm³/mol. The van der Waals surface area contributed by atoms with Gasteiger partial charge in [0.15, 0.2) is 0 Å². The van der Waals surface area contributed by atoms with Crippen molar-refractivity contribution in [1.29, 1.82) is 0 Å². The molecule has 6 heteroatoms. The van der Waals surface area contributed by atoms with Crippen LogP contribution in [0.2, 0.25) is 10.0 Å². The third-order valence-electron chi connectivity index (χ3n) is 3.78. The summed E-state index contributed by atoms with van der Waals surface area (Å²) in [5.74, 6) is -0.547. The van der Waals surface area contributed by atoms with E-state index in [2.05, 4.69) is 5.32 Å². The van der Waals surface area contributed by atoms with E-state index in [0.29, 0.717) is 15.7 Å². The third kappa shape index (κ3) is 4.28. The number of benzene rings is 2. The van der Waals surface area contributed by atoms with Gasteiger partial charge in [-0.15, -0.1) is 0 Å². The fraction of sp³-hybridized carbons (Fsp3) is 0.222. The maximum Gasteiger partial charge on any atom is 0.244 e. The molecule has 0 aliphatic rings. The second kappa shape index (κ2) is 7.69. The molecule has 0 atom stereocenters. The molecule has 2 aromatic rings. The average molecular weight is 365 g/mol. The van der Waals surface area contributed by atoms with Gasteiger partial charge in [0.25, 0.3) is 0 Å². The van der Waals surface area contributed by atoms with E-state index in [1.807, 2.05) is 32.0 Å². The van der Waals surface area contributed by atoms with Crippen LogP contribution >= 0.6 is 23.2 Å². The summed E-state index contributed by atoms with van der Waals surface area (Å²) >= 11 is 11.9. The van der Waals surface area contributed by atoms with E-state index < -0.39 is 0 Å². The second-order valence-electron chi connectivity index (χ2n) is 5.50. The Kier molecular flexibility index (Phi) is 5.86. The van der Waals surface area contributed by atoms with Crippen molar-refractivity contribution < 1.29 is 9.59 Å². The minimum atomic E-state index is -0.287. The van der Waals surface area contributed by atoms with Crippen molar-refractivity contribution in [3.8, 4) is 0 Å². The fourth-order valence-electron chi connectivity index (χ4n) is 2.26. The Morgan fingerprint density at radius 1 is 1.08 bits per heavy atom. The Labute approximate surface area is 151 Å².